The highest BCUT2D eigenvalue weighted by Crippen LogP contribution is 2.23. The van der Waals surface area contributed by atoms with Gasteiger partial charge in [0.05, 0.1) is 5.01 Å². The molecule has 18 heavy (non-hydrogen) atoms. The van der Waals surface area contributed by atoms with E-state index in [1.807, 2.05) is 25.1 Å². The number of thiazole rings is 1. The van der Waals surface area contributed by atoms with E-state index in [4.69, 9.17) is 23.2 Å². The molecule has 0 N–H and O–H groups in total. The number of rotatable bonds is 5. The van der Waals surface area contributed by atoms with Gasteiger partial charge >= 0.3 is 0 Å². The Morgan fingerprint density at radius 1 is 1.28 bits per heavy atom. The molecule has 0 amide bonds. The van der Waals surface area contributed by atoms with Crippen LogP contribution in [0, 0.1) is 12.8 Å². The molecule has 0 aliphatic carbocycles. The first-order chi connectivity index (χ1) is 8.69. The first kappa shape index (κ1) is 13.9. The molecule has 2 rings (SSSR count). The highest BCUT2D eigenvalue weighted by atomic mass is 35.5. The van der Waals surface area contributed by atoms with Gasteiger partial charge < -0.3 is 0 Å². The number of hydrogen-bond acceptors (Lipinski definition) is 2. The Balaban J connectivity index is 2.04. The fraction of sp³-hybridized carbons (Fsp3) is 0.357. The highest BCUT2D eigenvalue weighted by molar-refractivity contribution is 7.09. The van der Waals surface area contributed by atoms with Crippen LogP contribution < -0.4 is 0 Å². The minimum Gasteiger partial charge on any atom is -0.247 e. The summed E-state index contributed by atoms with van der Waals surface area (Å²) in [6, 6.07) is 7.95. The van der Waals surface area contributed by atoms with Gasteiger partial charge in [0.25, 0.3) is 0 Å². The third-order valence-corrected chi connectivity index (χ3v) is 4.61. The SMILES string of the molecule is Cc1csc(CC(CCl)Cc2ccccc2Cl)n1. The average molecular weight is 300 g/mol. The van der Waals surface area contributed by atoms with Gasteiger partial charge in [-0.05, 0) is 30.9 Å². The van der Waals surface area contributed by atoms with Crippen LogP contribution in [0.1, 0.15) is 16.3 Å². The van der Waals surface area contributed by atoms with Crippen LogP contribution in [-0.4, -0.2) is 10.9 Å². The van der Waals surface area contributed by atoms with E-state index >= 15 is 0 Å². The Bertz CT molecular complexity index is 510. The van der Waals surface area contributed by atoms with E-state index in [0.717, 1.165) is 34.1 Å². The van der Waals surface area contributed by atoms with Gasteiger partial charge in [-0.3, -0.25) is 0 Å². The largest absolute Gasteiger partial charge is 0.247 e. The molecule has 4 heteroatoms. The summed E-state index contributed by atoms with van der Waals surface area (Å²) in [5.74, 6) is 1.02. The number of nitrogens with zero attached hydrogens (tertiary/aromatic N) is 1. The number of aryl methyl sites for hydroxylation is 1. The van der Waals surface area contributed by atoms with Crippen molar-refractivity contribution in [1.29, 1.82) is 0 Å². The van der Waals surface area contributed by atoms with Crippen molar-refractivity contribution < 1.29 is 0 Å². The molecule has 1 unspecified atom stereocenters. The molecule has 2 aromatic rings. The van der Waals surface area contributed by atoms with Crippen LogP contribution in [0.4, 0.5) is 0 Å². The van der Waals surface area contributed by atoms with Gasteiger partial charge in [-0.25, -0.2) is 4.98 Å². The average Bonchev–Trinajstić information content (AvgIpc) is 2.76. The summed E-state index contributed by atoms with van der Waals surface area (Å²) in [6.07, 6.45) is 1.83. The van der Waals surface area contributed by atoms with Crippen molar-refractivity contribution in [3.8, 4) is 0 Å². The molecule has 0 saturated carbocycles. The van der Waals surface area contributed by atoms with Gasteiger partial charge in [0.15, 0.2) is 0 Å². The highest BCUT2D eigenvalue weighted by Gasteiger charge is 2.13. The molecule has 1 aromatic heterocycles. The van der Waals surface area contributed by atoms with E-state index in [2.05, 4.69) is 16.4 Å². The predicted octanol–water partition coefficient (Wildman–Crippen LogP) is 4.75. The molecule has 0 fully saturated rings. The number of aromatic nitrogens is 1. The summed E-state index contributed by atoms with van der Waals surface area (Å²) in [5.41, 5.74) is 2.25. The normalized spacial score (nSPS) is 12.6. The van der Waals surface area contributed by atoms with E-state index in [-0.39, 0.29) is 0 Å². The summed E-state index contributed by atoms with van der Waals surface area (Å²) in [5, 5.41) is 4.06. The van der Waals surface area contributed by atoms with Gasteiger partial charge in [-0.15, -0.1) is 22.9 Å². The quantitative estimate of drug-likeness (QED) is 0.726. The number of hydrogen-bond donors (Lipinski definition) is 0. The Hall–Kier alpha value is -0.570. The maximum atomic E-state index is 6.18. The molecule has 1 nitrogen and oxygen atoms in total. The molecular weight excluding hydrogens is 285 g/mol. The molecule has 0 aliphatic heterocycles. The number of halogens is 2. The van der Waals surface area contributed by atoms with Crippen molar-refractivity contribution in [3.05, 3.63) is 50.9 Å². The van der Waals surface area contributed by atoms with Crippen LogP contribution in [0.15, 0.2) is 29.6 Å². The molecular formula is C14H15Cl2NS. The summed E-state index contributed by atoms with van der Waals surface area (Å²) in [7, 11) is 0. The third kappa shape index (κ3) is 3.71. The lowest BCUT2D eigenvalue weighted by atomic mass is 9.98. The van der Waals surface area contributed by atoms with E-state index in [9.17, 15) is 0 Å². The minimum absolute atomic E-state index is 0.386. The van der Waals surface area contributed by atoms with Gasteiger partial charge in [0, 0.05) is 28.4 Å². The van der Waals surface area contributed by atoms with Gasteiger partial charge in [0.1, 0.15) is 0 Å². The van der Waals surface area contributed by atoms with Crippen molar-refractivity contribution in [2.75, 3.05) is 5.88 Å². The van der Waals surface area contributed by atoms with Crippen LogP contribution in [0.2, 0.25) is 5.02 Å². The van der Waals surface area contributed by atoms with Crippen molar-refractivity contribution in [1.82, 2.24) is 4.98 Å². The zero-order valence-corrected chi connectivity index (χ0v) is 12.5. The van der Waals surface area contributed by atoms with Crippen LogP contribution in [-0.2, 0) is 12.8 Å². The fourth-order valence-corrected chi connectivity index (χ4v) is 3.22. The molecule has 0 radical (unpaired) electrons. The molecule has 0 saturated heterocycles. The lowest BCUT2D eigenvalue weighted by Gasteiger charge is -2.13. The van der Waals surface area contributed by atoms with Crippen molar-refractivity contribution in [3.63, 3.8) is 0 Å². The second kappa shape index (κ2) is 6.55. The van der Waals surface area contributed by atoms with Crippen LogP contribution in [0.5, 0.6) is 0 Å². The van der Waals surface area contributed by atoms with E-state index in [1.165, 1.54) is 0 Å². The Morgan fingerprint density at radius 2 is 2.06 bits per heavy atom. The standard InChI is InChI=1S/C14H15Cl2NS/c1-10-9-18-14(17-10)7-11(8-15)6-12-4-2-3-5-13(12)16/h2-5,9,11H,6-8H2,1H3. The minimum atomic E-state index is 0.386. The summed E-state index contributed by atoms with van der Waals surface area (Å²) in [6.45, 7) is 2.02. The molecule has 0 bridgehead atoms. The third-order valence-electron chi connectivity index (χ3n) is 2.81. The first-order valence-electron chi connectivity index (χ1n) is 5.89. The van der Waals surface area contributed by atoms with Gasteiger partial charge in [-0.1, -0.05) is 29.8 Å². The summed E-state index contributed by atoms with van der Waals surface area (Å²) in [4.78, 5) is 4.49. The van der Waals surface area contributed by atoms with E-state index in [1.54, 1.807) is 11.3 Å². The van der Waals surface area contributed by atoms with E-state index in [0.29, 0.717) is 11.8 Å². The lowest BCUT2D eigenvalue weighted by molar-refractivity contribution is 0.582. The smallest absolute Gasteiger partial charge is 0.0931 e. The zero-order valence-electron chi connectivity index (χ0n) is 10.2. The monoisotopic (exact) mass is 299 g/mol. The molecule has 1 atom stereocenters. The van der Waals surface area contributed by atoms with Crippen molar-refractivity contribution in [2.24, 2.45) is 5.92 Å². The van der Waals surface area contributed by atoms with Crippen LogP contribution >= 0.6 is 34.5 Å². The molecule has 0 spiro atoms. The Labute approximate surface area is 122 Å². The second-order valence-electron chi connectivity index (χ2n) is 4.40. The Kier molecular flexibility index (Phi) is 5.04. The van der Waals surface area contributed by atoms with Crippen molar-refractivity contribution in [2.45, 2.75) is 19.8 Å². The Morgan fingerprint density at radius 3 is 2.67 bits per heavy atom. The number of alkyl halides is 1. The van der Waals surface area contributed by atoms with Crippen molar-refractivity contribution >= 4 is 34.5 Å². The first-order valence-corrected chi connectivity index (χ1v) is 7.68. The molecule has 1 heterocycles. The van der Waals surface area contributed by atoms with Crippen LogP contribution in [0.3, 0.4) is 0 Å². The summed E-state index contributed by atoms with van der Waals surface area (Å²) >= 11 is 13.9. The molecule has 96 valence electrons. The van der Waals surface area contributed by atoms with Crippen LogP contribution in [0.25, 0.3) is 0 Å². The second-order valence-corrected chi connectivity index (χ2v) is 6.06. The maximum Gasteiger partial charge on any atom is 0.0931 e. The molecule has 1 aromatic carbocycles. The van der Waals surface area contributed by atoms with Gasteiger partial charge in [0.2, 0.25) is 0 Å². The lowest BCUT2D eigenvalue weighted by Crippen LogP contribution is -2.10. The van der Waals surface area contributed by atoms with E-state index < -0.39 is 0 Å². The maximum absolute atomic E-state index is 6.18. The topological polar surface area (TPSA) is 12.9 Å². The fourth-order valence-electron chi connectivity index (χ4n) is 1.90. The molecule has 0 aliphatic rings. The summed E-state index contributed by atoms with van der Waals surface area (Å²) < 4.78 is 0. The zero-order chi connectivity index (χ0) is 13.0. The predicted molar refractivity (Wildman–Crippen MR) is 79.9 cm³/mol. The van der Waals surface area contributed by atoms with Gasteiger partial charge in [-0.2, -0.15) is 0 Å². The number of benzene rings is 1.